The van der Waals surface area contributed by atoms with E-state index in [1.54, 1.807) is 18.3 Å². The van der Waals surface area contributed by atoms with Crippen LogP contribution >= 0.6 is 0 Å². The molecule has 3 N–H and O–H groups in total. The van der Waals surface area contributed by atoms with Crippen LogP contribution in [0, 0.1) is 12.8 Å². The molecule has 2 unspecified atom stereocenters. The largest absolute Gasteiger partial charge is 0.352 e. The zero-order chi connectivity index (χ0) is 13.0. The molecule has 1 aliphatic rings. The summed E-state index contributed by atoms with van der Waals surface area (Å²) in [5.41, 5.74) is 7.60. The molecule has 98 valence electrons. The lowest BCUT2D eigenvalue weighted by molar-refractivity contribution is 0.0941. The molecule has 0 bridgehead atoms. The smallest absolute Gasteiger partial charge is 0.251 e. The van der Waals surface area contributed by atoms with E-state index in [0.29, 0.717) is 18.0 Å². The fourth-order valence-corrected chi connectivity index (χ4v) is 2.50. The van der Waals surface area contributed by atoms with E-state index in [4.69, 9.17) is 5.73 Å². The molecule has 1 aromatic rings. The minimum absolute atomic E-state index is 0.0294. The van der Waals surface area contributed by atoms with Crippen molar-refractivity contribution in [3.8, 4) is 0 Å². The minimum Gasteiger partial charge on any atom is -0.352 e. The van der Waals surface area contributed by atoms with Gasteiger partial charge in [-0.25, -0.2) is 0 Å². The second kappa shape index (κ2) is 5.96. The summed E-state index contributed by atoms with van der Waals surface area (Å²) >= 11 is 0. The summed E-state index contributed by atoms with van der Waals surface area (Å²) in [5.74, 6) is 0.393. The van der Waals surface area contributed by atoms with Crippen LogP contribution in [0.5, 0.6) is 0 Å². The topological polar surface area (TPSA) is 68.0 Å². The number of carbonyl (C=O) groups excluding carboxylic acids is 1. The molecule has 0 spiro atoms. The van der Waals surface area contributed by atoms with E-state index in [-0.39, 0.29) is 11.9 Å². The van der Waals surface area contributed by atoms with Crippen LogP contribution < -0.4 is 11.1 Å². The van der Waals surface area contributed by atoms with Crippen LogP contribution in [0.25, 0.3) is 0 Å². The number of carbonyl (C=O) groups is 1. The SMILES string of the molecule is Cc1cc(C(=O)NCC2CCCCC2N)ccn1. The average Bonchev–Trinajstić information content (AvgIpc) is 2.37. The highest BCUT2D eigenvalue weighted by molar-refractivity contribution is 5.94. The fourth-order valence-electron chi connectivity index (χ4n) is 2.50. The maximum Gasteiger partial charge on any atom is 0.251 e. The van der Waals surface area contributed by atoms with Crippen molar-refractivity contribution in [2.45, 2.75) is 38.6 Å². The van der Waals surface area contributed by atoms with Gasteiger partial charge < -0.3 is 11.1 Å². The van der Waals surface area contributed by atoms with Crippen molar-refractivity contribution in [3.63, 3.8) is 0 Å². The Morgan fingerprint density at radius 1 is 1.50 bits per heavy atom. The summed E-state index contributed by atoms with van der Waals surface area (Å²) in [5, 5.41) is 2.98. The summed E-state index contributed by atoms with van der Waals surface area (Å²) in [4.78, 5) is 16.1. The van der Waals surface area contributed by atoms with Gasteiger partial charge in [-0.05, 0) is 37.8 Å². The predicted molar refractivity (Wildman–Crippen MR) is 71.2 cm³/mol. The molecule has 1 heterocycles. The third-order valence-corrected chi connectivity index (χ3v) is 3.65. The minimum atomic E-state index is -0.0294. The van der Waals surface area contributed by atoms with Crippen molar-refractivity contribution in [1.29, 1.82) is 0 Å². The molecule has 4 heteroatoms. The first-order chi connectivity index (χ1) is 8.66. The summed E-state index contributed by atoms with van der Waals surface area (Å²) in [6, 6.07) is 3.78. The van der Waals surface area contributed by atoms with E-state index >= 15 is 0 Å². The van der Waals surface area contributed by atoms with Gasteiger partial charge in [0, 0.05) is 30.0 Å². The predicted octanol–water partition coefficient (Wildman–Crippen LogP) is 1.64. The Labute approximate surface area is 108 Å². The lowest BCUT2D eigenvalue weighted by atomic mass is 9.85. The molecular weight excluding hydrogens is 226 g/mol. The Morgan fingerprint density at radius 3 is 3.00 bits per heavy atom. The number of nitrogens with one attached hydrogen (secondary N) is 1. The van der Waals surface area contributed by atoms with Crippen molar-refractivity contribution in [2.24, 2.45) is 11.7 Å². The summed E-state index contributed by atoms with van der Waals surface area (Å²) in [6.45, 7) is 2.56. The highest BCUT2D eigenvalue weighted by Crippen LogP contribution is 2.22. The summed E-state index contributed by atoms with van der Waals surface area (Å²) < 4.78 is 0. The number of aromatic nitrogens is 1. The van der Waals surface area contributed by atoms with Gasteiger partial charge in [-0.3, -0.25) is 9.78 Å². The quantitative estimate of drug-likeness (QED) is 0.853. The second-order valence-electron chi connectivity index (χ2n) is 5.10. The fraction of sp³-hybridized carbons (Fsp3) is 0.571. The van der Waals surface area contributed by atoms with Gasteiger partial charge in [0.05, 0.1) is 0 Å². The number of nitrogens with two attached hydrogens (primary N) is 1. The van der Waals surface area contributed by atoms with E-state index < -0.39 is 0 Å². The van der Waals surface area contributed by atoms with Gasteiger partial charge in [0.15, 0.2) is 0 Å². The van der Waals surface area contributed by atoms with Gasteiger partial charge in [0.1, 0.15) is 0 Å². The highest BCUT2D eigenvalue weighted by atomic mass is 16.1. The van der Waals surface area contributed by atoms with Crippen LogP contribution in [-0.4, -0.2) is 23.5 Å². The molecule has 2 atom stereocenters. The lowest BCUT2D eigenvalue weighted by Gasteiger charge is -2.28. The number of amides is 1. The summed E-state index contributed by atoms with van der Waals surface area (Å²) in [7, 11) is 0. The molecule has 1 saturated carbocycles. The van der Waals surface area contributed by atoms with Gasteiger partial charge in [-0.1, -0.05) is 12.8 Å². The summed E-state index contributed by atoms with van der Waals surface area (Å²) in [6.07, 6.45) is 6.31. The molecule has 18 heavy (non-hydrogen) atoms. The Morgan fingerprint density at radius 2 is 2.28 bits per heavy atom. The first kappa shape index (κ1) is 13.0. The zero-order valence-corrected chi connectivity index (χ0v) is 10.9. The van der Waals surface area contributed by atoms with Gasteiger partial charge in [-0.2, -0.15) is 0 Å². The molecule has 0 radical (unpaired) electrons. The Hall–Kier alpha value is -1.42. The van der Waals surface area contributed by atoms with Crippen LogP contribution in [0.4, 0.5) is 0 Å². The first-order valence-electron chi connectivity index (χ1n) is 6.63. The molecule has 1 amide bonds. The maximum absolute atomic E-state index is 12.0. The van der Waals surface area contributed by atoms with E-state index in [2.05, 4.69) is 10.3 Å². The number of rotatable bonds is 3. The molecule has 1 aromatic heterocycles. The Balaban J connectivity index is 1.88. The van der Waals surface area contributed by atoms with Crippen LogP contribution in [0.1, 0.15) is 41.7 Å². The number of hydrogen-bond acceptors (Lipinski definition) is 3. The van der Waals surface area contributed by atoms with Crippen molar-refractivity contribution in [3.05, 3.63) is 29.6 Å². The van der Waals surface area contributed by atoms with Crippen molar-refractivity contribution < 1.29 is 4.79 Å². The van der Waals surface area contributed by atoms with Gasteiger partial charge in [0.25, 0.3) is 5.91 Å². The highest BCUT2D eigenvalue weighted by Gasteiger charge is 2.22. The standard InChI is InChI=1S/C14H21N3O/c1-10-8-11(6-7-16-10)14(18)17-9-12-4-2-3-5-13(12)15/h6-8,12-13H,2-5,9,15H2,1H3,(H,17,18). The van der Waals surface area contributed by atoms with Gasteiger partial charge in [0.2, 0.25) is 0 Å². The molecule has 2 rings (SSSR count). The van der Waals surface area contributed by atoms with Crippen molar-refractivity contribution >= 4 is 5.91 Å². The zero-order valence-electron chi connectivity index (χ0n) is 10.9. The Kier molecular flexibility index (Phi) is 4.31. The first-order valence-corrected chi connectivity index (χ1v) is 6.63. The average molecular weight is 247 g/mol. The molecule has 0 aromatic carbocycles. The normalized spacial score (nSPS) is 23.7. The number of hydrogen-bond donors (Lipinski definition) is 2. The lowest BCUT2D eigenvalue weighted by Crippen LogP contribution is -2.41. The van der Waals surface area contributed by atoms with Crippen LogP contribution in [0.15, 0.2) is 18.3 Å². The monoisotopic (exact) mass is 247 g/mol. The van der Waals surface area contributed by atoms with E-state index in [1.807, 2.05) is 6.92 Å². The van der Waals surface area contributed by atoms with Crippen molar-refractivity contribution in [2.75, 3.05) is 6.54 Å². The van der Waals surface area contributed by atoms with Crippen LogP contribution in [0.2, 0.25) is 0 Å². The third-order valence-electron chi connectivity index (χ3n) is 3.65. The second-order valence-corrected chi connectivity index (χ2v) is 5.10. The molecule has 0 aliphatic heterocycles. The maximum atomic E-state index is 12.0. The van der Waals surface area contributed by atoms with E-state index in [9.17, 15) is 4.79 Å². The van der Waals surface area contributed by atoms with E-state index in [1.165, 1.54) is 12.8 Å². The van der Waals surface area contributed by atoms with Crippen molar-refractivity contribution in [1.82, 2.24) is 10.3 Å². The number of pyridine rings is 1. The molecular formula is C14H21N3O. The van der Waals surface area contributed by atoms with E-state index in [0.717, 1.165) is 18.5 Å². The molecule has 4 nitrogen and oxygen atoms in total. The molecule has 0 saturated heterocycles. The number of aryl methyl sites for hydroxylation is 1. The third kappa shape index (κ3) is 3.29. The van der Waals surface area contributed by atoms with Gasteiger partial charge in [-0.15, -0.1) is 0 Å². The van der Waals surface area contributed by atoms with Crippen LogP contribution in [0.3, 0.4) is 0 Å². The molecule has 1 fully saturated rings. The molecule has 1 aliphatic carbocycles. The number of nitrogens with zero attached hydrogens (tertiary/aromatic N) is 1. The van der Waals surface area contributed by atoms with Crippen LogP contribution in [-0.2, 0) is 0 Å². The van der Waals surface area contributed by atoms with Gasteiger partial charge >= 0.3 is 0 Å². The Bertz CT molecular complexity index is 419.